The van der Waals surface area contributed by atoms with Gasteiger partial charge in [0.15, 0.2) is 0 Å². The van der Waals surface area contributed by atoms with Crippen LogP contribution in [0.4, 0.5) is 4.79 Å². The summed E-state index contributed by atoms with van der Waals surface area (Å²) < 4.78 is 0. The molecule has 2 amide bonds. The molecule has 0 radical (unpaired) electrons. The van der Waals surface area contributed by atoms with Crippen molar-refractivity contribution in [2.45, 2.75) is 57.5 Å². The summed E-state index contributed by atoms with van der Waals surface area (Å²) in [5, 5.41) is 12.5. The lowest BCUT2D eigenvalue weighted by atomic mass is 9.94. The van der Waals surface area contributed by atoms with Gasteiger partial charge in [-0.15, -0.1) is 0 Å². The Balaban J connectivity index is 1.68. The number of carboxylic acid groups (broad SMARTS) is 1. The number of hydrogen-bond donors (Lipinski definition) is 2. The first-order valence-electron chi connectivity index (χ1n) is 7.88. The molecule has 0 aromatic heterocycles. The van der Waals surface area contributed by atoms with E-state index < -0.39 is 12.0 Å². The Morgan fingerprint density at radius 2 is 1.90 bits per heavy atom. The SMILES string of the molecule is CC1CCCC1NC(=O)N1CC2CCCC2C1C(=O)O. The zero-order valence-electron chi connectivity index (χ0n) is 12.0. The highest BCUT2D eigenvalue weighted by atomic mass is 16.4. The maximum absolute atomic E-state index is 12.4. The topological polar surface area (TPSA) is 69.6 Å². The van der Waals surface area contributed by atoms with Crippen LogP contribution >= 0.6 is 0 Å². The van der Waals surface area contributed by atoms with Gasteiger partial charge in [0, 0.05) is 12.6 Å². The van der Waals surface area contributed by atoms with Crippen LogP contribution in [-0.2, 0) is 4.79 Å². The number of nitrogens with zero attached hydrogens (tertiary/aromatic N) is 1. The van der Waals surface area contributed by atoms with Crippen LogP contribution in [0.15, 0.2) is 0 Å². The molecule has 0 bridgehead atoms. The summed E-state index contributed by atoms with van der Waals surface area (Å²) in [4.78, 5) is 25.6. The molecule has 2 N–H and O–H groups in total. The number of nitrogens with one attached hydrogen (secondary N) is 1. The van der Waals surface area contributed by atoms with Crippen molar-refractivity contribution in [3.63, 3.8) is 0 Å². The van der Waals surface area contributed by atoms with Crippen LogP contribution in [0.5, 0.6) is 0 Å². The number of carboxylic acids is 1. The predicted octanol–water partition coefficient (Wildman–Crippen LogP) is 2.07. The summed E-state index contributed by atoms with van der Waals surface area (Å²) in [6, 6.07) is -0.554. The molecule has 5 nitrogen and oxygen atoms in total. The van der Waals surface area contributed by atoms with E-state index in [1.54, 1.807) is 4.90 Å². The quantitative estimate of drug-likeness (QED) is 0.813. The molecule has 3 fully saturated rings. The fraction of sp³-hybridized carbons (Fsp3) is 0.867. The van der Waals surface area contributed by atoms with E-state index in [0.717, 1.165) is 38.5 Å². The van der Waals surface area contributed by atoms with Crippen LogP contribution in [0, 0.1) is 17.8 Å². The lowest BCUT2D eigenvalue weighted by Crippen LogP contribution is -2.51. The van der Waals surface area contributed by atoms with E-state index in [-0.39, 0.29) is 18.0 Å². The van der Waals surface area contributed by atoms with Crippen molar-refractivity contribution in [3.8, 4) is 0 Å². The van der Waals surface area contributed by atoms with Gasteiger partial charge in [0.05, 0.1) is 0 Å². The number of urea groups is 1. The second-order valence-corrected chi connectivity index (χ2v) is 6.75. The molecule has 1 aliphatic heterocycles. The summed E-state index contributed by atoms with van der Waals surface area (Å²) >= 11 is 0. The van der Waals surface area contributed by atoms with E-state index in [2.05, 4.69) is 12.2 Å². The van der Waals surface area contributed by atoms with Crippen LogP contribution in [0.1, 0.15) is 45.4 Å². The molecule has 20 heavy (non-hydrogen) atoms. The van der Waals surface area contributed by atoms with Crippen LogP contribution in [0.2, 0.25) is 0 Å². The Labute approximate surface area is 119 Å². The molecule has 0 aromatic rings. The smallest absolute Gasteiger partial charge is 0.326 e. The number of rotatable bonds is 2. The molecule has 2 saturated carbocycles. The Bertz CT molecular complexity index is 412. The van der Waals surface area contributed by atoms with Gasteiger partial charge in [-0.25, -0.2) is 9.59 Å². The molecule has 5 heteroatoms. The molecule has 3 rings (SSSR count). The fourth-order valence-corrected chi connectivity index (χ4v) is 4.43. The Hall–Kier alpha value is -1.26. The molecule has 1 heterocycles. The van der Waals surface area contributed by atoms with Gasteiger partial charge in [0.25, 0.3) is 0 Å². The minimum atomic E-state index is -0.839. The number of amides is 2. The van der Waals surface area contributed by atoms with Crippen molar-refractivity contribution in [3.05, 3.63) is 0 Å². The summed E-state index contributed by atoms with van der Waals surface area (Å²) in [5.74, 6) is 0.223. The number of carbonyl (C=O) groups is 2. The summed E-state index contributed by atoms with van der Waals surface area (Å²) in [6.45, 7) is 2.78. The van der Waals surface area contributed by atoms with Crippen LogP contribution in [0.3, 0.4) is 0 Å². The average molecular weight is 280 g/mol. The van der Waals surface area contributed by atoms with E-state index in [1.807, 2.05) is 0 Å². The molecule has 3 aliphatic rings. The Morgan fingerprint density at radius 1 is 1.15 bits per heavy atom. The van der Waals surface area contributed by atoms with Gasteiger partial charge in [0.1, 0.15) is 6.04 Å². The Morgan fingerprint density at radius 3 is 2.55 bits per heavy atom. The van der Waals surface area contributed by atoms with Crippen LogP contribution in [-0.4, -0.2) is 40.6 Å². The minimum absolute atomic E-state index is 0.162. The molecule has 5 unspecified atom stereocenters. The van der Waals surface area contributed by atoms with Crippen LogP contribution in [0.25, 0.3) is 0 Å². The van der Waals surface area contributed by atoms with Crippen LogP contribution < -0.4 is 5.32 Å². The number of carbonyl (C=O) groups excluding carboxylic acids is 1. The minimum Gasteiger partial charge on any atom is -0.480 e. The predicted molar refractivity (Wildman–Crippen MR) is 74.3 cm³/mol. The highest BCUT2D eigenvalue weighted by molar-refractivity contribution is 5.84. The van der Waals surface area contributed by atoms with Gasteiger partial charge in [-0.05, 0) is 43.4 Å². The van der Waals surface area contributed by atoms with E-state index in [0.29, 0.717) is 18.4 Å². The third-order valence-corrected chi connectivity index (χ3v) is 5.57. The molecule has 0 aromatic carbocycles. The lowest BCUT2D eigenvalue weighted by Gasteiger charge is -2.27. The van der Waals surface area contributed by atoms with E-state index >= 15 is 0 Å². The molecule has 1 saturated heterocycles. The maximum atomic E-state index is 12.4. The van der Waals surface area contributed by atoms with Gasteiger partial charge < -0.3 is 15.3 Å². The third kappa shape index (κ3) is 2.27. The van der Waals surface area contributed by atoms with E-state index in [4.69, 9.17) is 0 Å². The maximum Gasteiger partial charge on any atom is 0.326 e. The number of hydrogen-bond acceptors (Lipinski definition) is 2. The number of aliphatic carboxylic acids is 1. The van der Waals surface area contributed by atoms with E-state index in [9.17, 15) is 14.7 Å². The lowest BCUT2D eigenvalue weighted by molar-refractivity contribution is -0.142. The first-order valence-corrected chi connectivity index (χ1v) is 7.88. The van der Waals surface area contributed by atoms with Crippen molar-refractivity contribution >= 4 is 12.0 Å². The van der Waals surface area contributed by atoms with Gasteiger partial charge in [0.2, 0.25) is 0 Å². The molecule has 5 atom stereocenters. The molecule has 2 aliphatic carbocycles. The zero-order chi connectivity index (χ0) is 14.3. The van der Waals surface area contributed by atoms with Crippen molar-refractivity contribution in [2.75, 3.05) is 6.54 Å². The van der Waals surface area contributed by atoms with Crippen molar-refractivity contribution < 1.29 is 14.7 Å². The first-order chi connectivity index (χ1) is 9.58. The highest BCUT2D eigenvalue weighted by Crippen LogP contribution is 2.42. The molecular weight excluding hydrogens is 256 g/mol. The normalized spacial score (nSPS) is 39.9. The average Bonchev–Trinajstić information content (AvgIpc) is 3.04. The second kappa shape index (κ2) is 5.26. The first kappa shape index (κ1) is 13.7. The Kier molecular flexibility index (Phi) is 3.61. The van der Waals surface area contributed by atoms with Gasteiger partial charge in [-0.3, -0.25) is 0 Å². The summed E-state index contributed by atoms with van der Waals surface area (Å²) in [7, 11) is 0. The largest absolute Gasteiger partial charge is 0.480 e. The fourth-order valence-electron chi connectivity index (χ4n) is 4.43. The van der Waals surface area contributed by atoms with Gasteiger partial charge >= 0.3 is 12.0 Å². The molecular formula is C15H24N2O3. The van der Waals surface area contributed by atoms with Crippen molar-refractivity contribution in [1.82, 2.24) is 10.2 Å². The van der Waals surface area contributed by atoms with Crippen molar-refractivity contribution in [2.24, 2.45) is 17.8 Å². The van der Waals surface area contributed by atoms with Crippen molar-refractivity contribution in [1.29, 1.82) is 0 Å². The summed E-state index contributed by atoms with van der Waals surface area (Å²) in [6.07, 6.45) is 6.45. The number of fused-ring (bicyclic) bond motifs is 1. The molecule has 0 spiro atoms. The highest BCUT2D eigenvalue weighted by Gasteiger charge is 2.49. The number of likely N-dealkylation sites (tertiary alicyclic amines) is 1. The standard InChI is InChI=1S/C15H24N2O3/c1-9-4-2-7-12(9)16-15(20)17-8-10-5-3-6-11(10)13(17)14(18)19/h9-13H,2-8H2,1H3,(H,16,20)(H,18,19). The second-order valence-electron chi connectivity index (χ2n) is 6.75. The summed E-state index contributed by atoms with van der Waals surface area (Å²) in [5.41, 5.74) is 0. The zero-order valence-corrected chi connectivity index (χ0v) is 12.0. The third-order valence-electron chi connectivity index (χ3n) is 5.57. The monoisotopic (exact) mass is 280 g/mol. The van der Waals surface area contributed by atoms with Gasteiger partial charge in [-0.2, -0.15) is 0 Å². The van der Waals surface area contributed by atoms with E-state index in [1.165, 1.54) is 0 Å². The molecule has 112 valence electrons. The van der Waals surface area contributed by atoms with Gasteiger partial charge in [-0.1, -0.05) is 19.8 Å².